The van der Waals surface area contributed by atoms with Gasteiger partial charge in [-0.2, -0.15) is 5.26 Å². The Kier molecular flexibility index (Phi) is 2.86. The molecule has 0 amide bonds. The minimum absolute atomic E-state index is 0.0367. The van der Waals surface area contributed by atoms with Crippen LogP contribution < -0.4 is 4.74 Å². The third-order valence-corrected chi connectivity index (χ3v) is 2.46. The third kappa shape index (κ3) is 2.37. The second-order valence-corrected chi connectivity index (χ2v) is 3.78. The van der Waals surface area contributed by atoms with Gasteiger partial charge in [-0.05, 0) is 31.0 Å². The van der Waals surface area contributed by atoms with Crippen LogP contribution in [0.4, 0.5) is 4.39 Å². The number of benzene rings is 1. The standard InChI is InChI=1S/C12H10FNO2/c13-10-3-4-12(9(5-10)6-14)16-7-11(15)8-1-2-8/h3-5,8H,1-2,7H2. The highest BCUT2D eigenvalue weighted by molar-refractivity contribution is 5.84. The second-order valence-electron chi connectivity index (χ2n) is 3.78. The maximum atomic E-state index is 12.8. The van der Waals surface area contributed by atoms with Crippen molar-refractivity contribution in [1.82, 2.24) is 0 Å². The van der Waals surface area contributed by atoms with Crippen LogP contribution in [0.3, 0.4) is 0 Å². The molecular formula is C12H10FNO2. The van der Waals surface area contributed by atoms with Crippen molar-refractivity contribution >= 4 is 5.78 Å². The maximum absolute atomic E-state index is 12.8. The van der Waals surface area contributed by atoms with Crippen LogP contribution in [-0.2, 0) is 4.79 Å². The molecule has 1 saturated carbocycles. The molecule has 0 bridgehead atoms. The maximum Gasteiger partial charge on any atom is 0.173 e. The van der Waals surface area contributed by atoms with Gasteiger partial charge >= 0.3 is 0 Å². The lowest BCUT2D eigenvalue weighted by atomic mass is 10.2. The molecule has 1 fully saturated rings. The number of nitriles is 1. The molecule has 1 aliphatic rings. The molecule has 0 spiro atoms. The lowest BCUT2D eigenvalue weighted by Gasteiger charge is -2.06. The van der Waals surface area contributed by atoms with Gasteiger partial charge in [-0.25, -0.2) is 4.39 Å². The monoisotopic (exact) mass is 219 g/mol. The fourth-order valence-corrected chi connectivity index (χ4v) is 1.39. The predicted octanol–water partition coefficient (Wildman–Crippen LogP) is 2.06. The average molecular weight is 219 g/mol. The summed E-state index contributed by atoms with van der Waals surface area (Å²) >= 11 is 0. The molecule has 0 N–H and O–H groups in total. The molecule has 0 aromatic heterocycles. The molecule has 1 aromatic carbocycles. The van der Waals surface area contributed by atoms with Crippen molar-refractivity contribution in [2.24, 2.45) is 5.92 Å². The first-order valence-electron chi connectivity index (χ1n) is 5.06. The SMILES string of the molecule is N#Cc1cc(F)ccc1OCC(=O)C1CC1. The minimum atomic E-state index is -0.489. The number of hydrogen-bond donors (Lipinski definition) is 0. The van der Waals surface area contributed by atoms with Crippen LogP contribution in [-0.4, -0.2) is 12.4 Å². The van der Waals surface area contributed by atoms with Crippen molar-refractivity contribution < 1.29 is 13.9 Å². The van der Waals surface area contributed by atoms with E-state index in [1.807, 2.05) is 6.07 Å². The zero-order chi connectivity index (χ0) is 11.5. The average Bonchev–Trinajstić information content (AvgIpc) is 3.10. The summed E-state index contributed by atoms with van der Waals surface area (Å²) < 4.78 is 18.0. The van der Waals surface area contributed by atoms with Gasteiger partial charge in [-0.1, -0.05) is 0 Å². The second kappa shape index (κ2) is 4.31. The highest BCUT2D eigenvalue weighted by atomic mass is 19.1. The van der Waals surface area contributed by atoms with Gasteiger partial charge in [0, 0.05) is 5.92 Å². The fraction of sp³-hybridized carbons (Fsp3) is 0.333. The van der Waals surface area contributed by atoms with Gasteiger partial charge in [0.05, 0.1) is 5.56 Å². The van der Waals surface area contributed by atoms with Crippen molar-refractivity contribution in [3.05, 3.63) is 29.6 Å². The molecular weight excluding hydrogens is 209 g/mol. The Hall–Kier alpha value is -1.89. The third-order valence-electron chi connectivity index (χ3n) is 2.46. The van der Waals surface area contributed by atoms with E-state index in [0.717, 1.165) is 18.9 Å². The highest BCUT2D eigenvalue weighted by Crippen LogP contribution is 2.30. The minimum Gasteiger partial charge on any atom is -0.484 e. The summed E-state index contributed by atoms with van der Waals surface area (Å²) in [7, 11) is 0. The van der Waals surface area contributed by atoms with E-state index in [4.69, 9.17) is 10.00 Å². The Morgan fingerprint density at radius 3 is 2.94 bits per heavy atom. The van der Waals surface area contributed by atoms with Crippen LogP contribution in [0.5, 0.6) is 5.75 Å². The van der Waals surface area contributed by atoms with Crippen LogP contribution in [0.15, 0.2) is 18.2 Å². The molecule has 2 rings (SSSR count). The Morgan fingerprint density at radius 1 is 1.56 bits per heavy atom. The number of ketones is 1. The number of carbonyl (C=O) groups is 1. The number of carbonyl (C=O) groups excluding carboxylic acids is 1. The molecule has 4 heteroatoms. The smallest absolute Gasteiger partial charge is 0.173 e. The summed E-state index contributed by atoms with van der Waals surface area (Å²) in [6.45, 7) is -0.0367. The largest absolute Gasteiger partial charge is 0.484 e. The van der Waals surface area contributed by atoms with Crippen LogP contribution >= 0.6 is 0 Å². The molecule has 1 aromatic rings. The van der Waals surface area contributed by atoms with E-state index in [2.05, 4.69) is 0 Å². The van der Waals surface area contributed by atoms with E-state index in [1.165, 1.54) is 12.1 Å². The van der Waals surface area contributed by atoms with Gasteiger partial charge in [0.1, 0.15) is 24.2 Å². The zero-order valence-electron chi connectivity index (χ0n) is 8.57. The number of rotatable bonds is 4. The topological polar surface area (TPSA) is 50.1 Å². The summed E-state index contributed by atoms with van der Waals surface area (Å²) in [5.74, 6) is -0.0467. The van der Waals surface area contributed by atoms with Crippen LogP contribution in [0.2, 0.25) is 0 Å². The van der Waals surface area contributed by atoms with E-state index in [9.17, 15) is 9.18 Å². The Morgan fingerprint density at radius 2 is 2.31 bits per heavy atom. The summed E-state index contributed by atoms with van der Waals surface area (Å²) in [5, 5.41) is 8.75. The number of ether oxygens (including phenoxy) is 1. The fourth-order valence-electron chi connectivity index (χ4n) is 1.39. The van der Waals surface area contributed by atoms with Gasteiger partial charge in [0.2, 0.25) is 0 Å². The number of Topliss-reactive ketones (excluding diaryl/α,β-unsaturated/α-hetero) is 1. The van der Waals surface area contributed by atoms with E-state index < -0.39 is 5.82 Å². The summed E-state index contributed by atoms with van der Waals surface area (Å²) in [4.78, 5) is 11.4. The van der Waals surface area contributed by atoms with E-state index in [-0.39, 0.29) is 29.6 Å². The van der Waals surface area contributed by atoms with E-state index >= 15 is 0 Å². The van der Waals surface area contributed by atoms with Gasteiger partial charge in [-0.3, -0.25) is 4.79 Å². The van der Waals surface area contributed by atoms with Crippen molar-refractivity contribution in [1.29, 1.82) is 5.26 Å². The highest BCUT2D eigenvalue weighted by Gasteiger charge is 2.29. The molecule has 3 nitrogen and oxygen atoms in total. The van der Waals surface area contributed by atoms with Gasteiger partial charge in [0.15, 0.2) is 5.78 Å². The number of hydrogen-bond acceptors (Lipinski definition) is 3. The lowest BCUT2D eigenvalue weighted by molar-refractivity contribution is -0.122. The van der Waals surface area contributed by atoms with Crippen LogP contribution in [0.1, 0.15) is 18.4 Å². The van der Waals surface area contributed by atoms with Crippen LogP contribution in [0.25, 0.3) is 0 Å². The van der Waals surface area contributed by atoms with Crippen molar-refractivity contribution in [2.45, 2.75) is 12.8 Å². The summed E-state index contributed by atoms with van der Waals surface area (Å²) in [5.41, 5.74) is 0.114. The number of nitrogens with zero attached hydrogens (tertiary/aromatic N) is 1. The molecule has 0 aliphatic heterocycles. The zero-order valence-corrected chi connectivity index (χ0v) is 8.57. The molecule has 82 valence electrons. The van der Waals surface area contributed by atoms with Crippen molar-refractivity contribution in [3.8, 4) is 11.8 Å². The Balaban J connectivity index is 2.03. The Labute approximate surface area is 92.4 Å². The first-order valence-corrected chi connectivity index (χ1v) is 5.06. The molecule has 0 unspecified atom stereocenters. The summed E-state index contributed by atoms with van der Waals surface area (Å²) in [6, 6.07) is 5.50. The van der Waals surface area contributed by atoms with Crippen molar-refractivity contribution in [3.63, 3.8) is 0 Å². The first-order chi connectivity index (χ1) is 7.70. The number of halogens is 1. The molecule has 16 heavy (non-hydrogen) atoms. The molecule has 0 atom stereocenters. The quantitative estimate of drug-likeness (QED) is 0.778. The molecule has 0 radical (unpaired) electrons. The van der Waals surface area contributed by atoms with E-state index in [0.29, 0.717) is 0 Å². The van der Waals surface area contributed by atoms with E-state index in [1.54, 1.807) is 0 Å². The Bertz CT molecular complexity index is 461. The van der Waals surface area contributed by atoms with Crippen LogP contribution in [0, 0.1) is 23.1 Å². The predicted molar refractivity (Wildman–Crippen MR) is 54.3 cm³/mol. The van der Waals surface area contributed by atoms with Gasteiger partial charge in [-0.15, -0.1) is 0 Å². The first kappa shape index (κ1) is 10.6. The lowest BCUT2D eigenvalue weighted by Crippen LogP contribution is -2.13. The molecule has 0 heterocycles. The molecule has 1 aliphatic carbocycles. The van der Waals surface area contributed by atoms with Gasteiger partial charge in [0.25, 0.3) is 0 Å². The normalized spacial score (nSPS) is 14.2. The summed E-state index contributed by atoms with van der Waals surface area (Å²) in [6.07, 6.45) is 1.85. The van der Waals surface area contributed by atoms with Crippen molar-refractivity contribution in [2.75, 3.05) is 6.61 Å². The molecule has 0 saturated heterocycles. The van der Waals surface area contributed by atoms with Gasteiger partial charge < -0.3 is 4.74 Å².